The summed E-state index contributed by atoms with van der Waals surface area (Å²) in [6, 6.07) is 23.6. The first-order valence-electron chi connectivity index (χ1n) is 20.8. The highest BCUT2D eigenvalue weighted by atomic mass is 16.6. The lowest BCUT2D eigenvalue weighted by Crippen LogP contribution is -2.80. The van der Waals surface area contributed by atoms with Crippen LogP contribution in [0.3, 0.4) is 0 Å². The van der Waals surface area contributed by atoms with Gasteiger partial charge in [-0.1, -0.05) is 92.7 Å². The van der Waals surface area contributed by atoms with Crippen LogP contribution < -0.4 is 5.32 Å². The molecule has 3 aliphatic carbocycles. The number of ether oxygens (including phenoxy) is 4. The summed E-state index contributed by atoms with van der Waals surface area (Å²) >= 11 is 0. The van der Waals surface area contributed by atoms with Crippen LogP contribution in [0.4, 0.5) is 0 Å². The molecule has 14 heteroatoms. The van der Waals surface area contributed by atoms with E-state index in [1.54, 1.807) is 112 Å². The minimum atomic E-state index is -2.17. The van der Waals surface area contributed by atoms with Crippen molar-refractivity contribution in [2.24, 2.45) is 22.7 Å². The number of hydrogen-bond acceptors (Lipinski definition) is 13. The van der Waals surface area contributed by atoms with Crippen molar-refractivity contribution in [3.8, 4) is 0 Å². The van der Waals surface area contributed by atoms with Crippen LogP contribution in [0.1, 0.15) is 93.1 Å². The number of fused-ring (bicyclic) bond motifs is 5. The number of aliphatic hydroxyl groups is 3. The number of aliphatic hydroxyl groups excluding tert-OH is 2. The van der Waals surface area contributed by atoms with Gasteiger partial charge in [-0.15, -0.1) is 0 Å². The van der Waals surface area contributed by atoms with Crippen LogP contribution in [-0.4, -0.2) is 99.0 Å². The van der Waals surface area contributed by atoms with Crippen molar-refractivity contribution < 1.29 is 63.0 Å². The third-order valence-electron chi connectivity index (χ3n) is 14.0. The van der Waals surface area contributed by atoms with E-state index in [0.717, 1.165) is 6.92 Å². The van der Waals surface area contributed by atoms with Gasteiger partial charge in [0.2, 0.25) is 0 Å². The second-order valence-corrected chi connectivity index (χ2v) is 17.8. The molecule has 328 valence electrons. The van der Waals surface area contributed by atoms with E-state index in [1.165, 1.54) is 13.8 Å². The van der Waals surface area contributed by atoms with E-state index in [2.05, 4.69) is 5.32 Å². The SMILES string of the molecule is CC(=O)O[C@H]1C(=O)[C@@]2(C)[C@H](C(CC(=O)c3ccccc3)[C@]3(O)CC(OC(=O)C(O)[C@@H](NC(=O)c4ccccc4)c4ccccc4)C(C)=C1C3(C)C)[C@]1(OC(C)=O)CO[C@@H]1C[C@@H]2O. The van der Waals surface area contributed by atoms with Gasteiger partial charge in [0.15, 0.2) is 29.4 Å². The summed E-state index contributed by atoms with van der Waals surface area (Å²) in [5, 5.41) is 40.5. The molecule has 1 aliphatic heterocycles. The molecule has 0 radical (unpaired) electrons. The lowest BCUT2D eigenvalue weighted by molar-refractivity contribution is -0.339. The molecular weight excluding hydrogens is 799 g/mol. The average molecular weight is 852 g/mol. The zero-order chi connectivity index (χ0) is 44.9. The van der Waals surface area contributed by atoms with Gasteiger partial charge in [0.25, 0.3) is 5.91 Å². The minimum absolute atomic E-state index is 0.0771. The van der Waals surface area contributed by atoms with E-state index in [1.807, 2.05) is 0 Å². The minimum Gasteiger partial charge on any atom is -0.456 e. The quantitative estimate of drug-likeness (QED) is 0.0914. The molecule has 14 nitrogen and oxygen atoms in total. The molecular formula is C48H53NO13. The van der Waals surface area contributed by atoms with E-state index < -0.39 is 119 Å². The molecule has 1 amide bonds. The normalized spacial score (nSPS) is 31.9. The fourth-order valence-electron chi connectivity index (χ4n) is 10.8. The van der Waals surface area contributed by atoms with E-state index in [9.17, 15) is 39.3 Å². The Morgan fingerprint density at radius 2 is 1.44 bits per heavy atom. The highest BCUT2D eigenvalue weighted by Crippen LogP contribution is 2.66. The first-order valence-corrected chi connectivity index (χ1v) is 20.8. The number of hydrogen-bond donors (Lipinski definition) is 4. The Labute approximate surface area is 359 Å². The Hall–Kier alpha value is -5.54. The fraction of sp³-hybridized carbons (Fsp3) is 0.458. The Morgan fingerprint density at radius 1 is 0.855 bits per heavy atom. The predicted octanol–water partition coefficient (Wildman–Crippen LogP) is 4.40. The summed E-state index contributed by atoms with van der Waals surface area (Å²) < 4.78 is 24.1. The van der Waals surface area contributed by atoms with Crippen molar-refractivity contribution in [2.45, 2.75) is 109 Å². The largest absolute Gasteiger partial charge is 0.456 e. The predicted molar refractivity (Wildman–Crippen MR) is 221 cm³/mol. The van der Waals surface area contributed by atoms with E-state index in [-0.39, 0.29) is 29.7 Å². The van der Waals surface area contributed by atoms with Gasteiger partial charge in [-0.25, -0.2) is 4.79 Å². The van der Waals surface area contributed by atoms with Crippen molar-refractivity contribution in [2.75, 3.05) is 6.61 Å². The van der Waals surface area contributed by atoms with Crippen molar-refractivity contribution in [1.29, 1.82) is 0 Å². The number of benzene rings is 3. The molecule has 2 saturated carbocycles. The second kappa shape index (κ2) is 16.6. The number of Topliss-reactive ketones (excluding diaryl/α,β-unsaturated/α-hetero) is 2. The molecule has 4 aliphatic rings. The van der Waals surface area contributed by atoms with Crippen molar-refractivity contribution in [1.82, 2.24) is 5.32 Å². The maximum absolute atomic E-state index is 15.5. The molecule has 3 fully saturated rings. The molecule has 7 rings (SSSR count). The summed E-state index contributed by atoms with van der Waals surface area (Å²) in [7, 11) is 0. The van der Waals surface area contributed by atoms with Crippen molar-refractivity contribution >= 4 is 35.4 Å². The summed E-state index contributed by atoms with van der Waals surface area (Å²) in [4.78, 5) is 83.8. The average Bonchev–Trinajstić information content (AvgIpc) is 3.24. The smallest absolute Gasteiger partial charge is 0.338 e. The monoisotopic (exact) mass is 851 g/mol. The van der Waals surface area contributed by atoms with E-state index >= 15 is 4.79 Å². The summed E-state index contributed by atoms with van der Waals surface area (Å²) in [6.45, 7) is 8.40. The third-order valence-corrected chi connectivity index (χ3v) is 14.0. The molecule has 2 bridgehead atoms. The first kappa shape index (κ1) is 44.5. The van der Waals surface area contributed by atoms with Gasteiger partial charge in [-0.2, -0.15) is 0 Å². The van der Waals surface area contributed by atoms with Crippen LogP contribution in [0.5, 0.6) is 0 Å². The molecule has 62 heavy (non-hydrogen) atoms. The van der Waals surface area contributed by atoms with Crippen LogP contribution in [-0.2, 0) is 38.1 Å². The van der Waals surface area contributed by atoms with Crippen molar-refractivity contribution in [3.63, 3.8) is 0 Å². The Morgan fingerprint density at radius 3 is 1.98 bits per heavy atom. The zero-order valence-electron chi connectivity index (χ0n) is 35.5. The number of carbonyl (C=O) groups excluding carboxylic acids is 6. The molecule has 11 atom stereocenters. The number of esters is 3. The van der Waals surface area contributed by atoms with Crippen LogP contribution in [0.2, 0.25) is 0 Å². The van der Waals surface area contributed by atoms with Gasteiger partial charge in [0, 0.05) is 61.5 Å². The number of amides is 1. The Balaban J connectivity index is 1.39. The maximum atomic E-state index is 15.5. The van der Waals surface area contributed by atoms with Gasteiger partial charge in [0.05, 0.1) is 29.8 Å². The molecule has 4 N–H and O–H groups in total. The van der Waals surface area contributed by atoms with E-state index in [0.29, 0.717) is 11.1 Å². The Kier molecular flexibility index (Phi) is 11.9. The van der Waals surface area contributed by atoms with Crippen LogP contribution in [0, 0.1) is 22.7 Å². The van der Waals surface area contributed by atoms with Gasteiger partial charge < -0.3 is 39.6 Å². The highest BCUT2D eigenvalue weighted by Gasteiger charge is 2.77. The van der Waals surface area contributed by atoms with Gasteiger partial charge in [-0.3, -0.25) is 24.0 Å². The lowest BCUT2D eigenvalue weighted by Gasteiger charge is -2.68. The summed E-state index contributed by atoms with van der Waals surface area (Å²) in [5.74, 6) is -7.22. The molecule has 0 spiro atoms. The number of carbonyl (C=O) groups is 6. The van der Waals surface area contributed by atoms with Crippen LogP contribution >= 0.6 is 0 Å². The number of ketones is 2. The van der Waals surface area contributed by atoms with E-state index in [4.69, 9.17) is 18.9 Å². The Bertz CT molecular complexity index is 2280. The number of rotatable bonds is 11. The number of nitrogens with one attached hydrogen (secondary N) is 1. The molecule has 3 unspecified atom stereocenters. The molecule has 1 saturated heterocycles. The van der Waals surface area contributed by atoms with Crippen LogP contribution in [0.25, 0.3) is 0 Å². The lowest BCUT2D eigenvalue weighted by atomic mass is 9.42. The van der Waals surface area contributed by atoms with Crippen LogP contribution in [0.15, 0.2) is 102 Å². The summed E-state index contributed by atoms with van der Waals surface area (Å²) in [5.41, 5.74) is -6.03. The fourth-order valence-corrected chi connectivity index (χ4v) is 10.8. The maximum Gasteiger partial charge on any atom is 0.338 e. The topological polar surface area (TPSA) is 212 Å². The highest BCUT2D eigenvalue weighted by molar-refractivity contribution is 5.98. The third kappa shape index (κ3) is 7.36. The van der Waals surface area contributed by atoms with Crippen molar-refractivity contribution in [3.05, 3.63) is 119 Å². The molecule has 3 aromatic carbocycles. The summed E-state index contributed by atoms with van der Waals surface area (Å²) in [6.07, 6.45) is -8.61. The molecule has 3 aromatic rings. The van der Waals surface area contributed by atoms with Gasteiger partial charge in [-0.05, 0) is 42.7 Å². The second-order valence-electron chi connectivity index (χ2n) is 17.8. The first-order chi connectivity index (χ1) is 29.3. The molecule has 1 heterocycles. The molecule has 0 aromatic heterocycles. The van der Waals surface area contributed by atoms with Gasteiger partial charge >= 0.3 is 17.9 Å². The van der Waals surface area contributed by atoms with Gasteiger partial charge in [0.1, 0.15) is 12.2 Å². The standard InChI is InChI=1S/C48H53NO13/c1-26-34(61-44(57)39(54)38(30-18-12-8-13-19-30)49-43(56)31-20-14-9-15-21-31)24-48(58)32(22-33(52)29-16-10-7-11-17-29)41-46(6,35(53)23-36-47(41,25-59-36)62-28(3)51)42(55)40(60-27(2)50)37(26)45(48,4)5/h7-21,32,34-36,38-41,53-54,58H,22-25H2,1-6H3,(H,49,56)/t32?,34?,35-,36+,38-,39?,40+,41-,46+,47-,48+/m0/s1. The zero-order valence-corrected chi connectivity index (χ0v) is 35.5.